The summed E-state index contributed by atoms with van der Waals surface area (Å²) in [4.78, 5) is 4.63. The molecule has 1 heterocycles. The molecule has 0 bridgehead atoms. The van der Waals surface area contributed by atoms with Crippen molar-refractivity contribution in [1.29, 1.82) is 0 Å². The molecule has 2 aromatic carbocycles. The van der Waals surface area contributed by atoms with Gasteiger partial charge in [0.05, 0.1) is 16.4 Å². The van der Waals surface area contributed by atoms with Crippen molar-refractivity contribution in [1.82, 2.24) is 9.55 Å². The Labute approximate surface area is 128 Å². The molecule has 4 heteroatoms. The summed E-state index contributed by atoms with van der Waals surface area (Å²) in [6.07, 6.45) is 0. The monoisotopic (exact) mass is 302 g/mol. The van der Waals surface area contributed by atoms with Crippen molar-refractivity contribution in [2.75, 3.05) is 0 Å². The average molecular weight is 303 g/mol. The number of para-hydroxylation sites is 1. The highest BCUT2D eigenvalue weighted by Gasteiger charge is 2.16. The van der Waals surface area contributed by atoms with Crippen molar-refractivity contribution >= 4 is 22.6 Å². The lowest BCUT2D eigenvalue weighted by molar-refractivity contribution is 0.623. The van der Waals surface area contributed by atoms with E-state index in [-0.39, 0.29) is 11.2 Å². The normalized spacial score (nSPS) is 12.8. The second kappa shape index (κ2) is 5.49. The number of alkyl halides is 1. The number of hydrogen-bond donors (Lipinski definition) is 0. The Bertz CT molecular complexity index is 793. The van der Waals surface area contributed by atoms with E-state index in [9.17, 15) is 4.39 Å². The molecule has 0 N–H and O–H groups in total. The molecule has 3 rings (SSSR count). The standard InChI is InChI=1S/C17H16ClFN2/c1-11-5-3-8-15-16(11)21(17(20-15)12(2)18)10-13-6-4-7-14(19)9-13/h3-9,12H,10H2,1-2H3. The molecule has 0 fully saturated rings. The van der Waals surface area contributed by atoms with Crippen LogP contribution < -0.4 is 0 Å². The van der Waals surface area contributed by atoms with Crippen LogP contribution in [0.25, 0.3) is 11.0 Å². The number of nitrogens with zero attached hydrogens (tertiary/aromatic N) is 2. The molecule has 0 saturated carbocycles. The fourth-order valence-corrected chi connectivity index (χ4v) is 2.83. The van der Waals surface area contributed by atoms with Gasteiger partial charge in [0.25, 0.3) is 0 Å². The predicted molar refractivity (Wildman–Crippen MR) is 84.2 cm³/mol. The Hall–Kier alpha value is -1.87. The number of halogens is 2. The predicted octanol–water partition coefficient (Wildman–Crippen LogP) is 4.83. The molecule has 0 saturated heterocycles. The van der Waals surface area contributed by atoms with E-state index in [1.807, 2.05) is 25.1 Å². The smallest absolute Gasteiger partial charge is 0.128 e. The molecule has 0 amide bonds. The molecular formula is C17H16ClFN2. The maximum absolute atomic E-state index is 13.4. The molecule has 0 aliphatic carbocycles. The Morgan fingerprint density at radius 2 is 2.00 bits per heavy atom. The second-order valence-corrected chi connectivity index (χ2v) is 5.90. The van der Waals surface area contributed by atoms with Gasteiger partial charge in [-0.15, -0.1) is 11.6 Å². The first-order valence-corrected chi connectivity index (χ1v) is 7.34. The lowest BCUT2D eigenvalue weighted by Gasteiger charge is -2.12. The van der Waals surface area contributed by atoms with E-state index in [4.69, 9.17) is 11.6 Å². The van der Waals surface area contributed by atoms with Gasteiger partial charge in [0.2, 0.25) is 0 Å². The fraction of sp³-hybridized carbons (Fsp3) is 0.235. The first kappa shape index (κ1) is 14.1. The van der Waals surface area contributed by atoms with Crippen LogP contribution in [-0.2, 0) is 6.54 Å². The van der Waals surface area contributed by atoms with Gasteiger partial charge in [-0.1, -0.05) is 24.3 Å². The maximum atomic E-state index is 13.4. The maximum Gasteiger partial charge on any atom is 0.128 e. The van der Waals surface area contributed by atoms with Gasteiger partial charge in [0, 0.05) is 6.54 Å². The molecule has 0 aliphatic heterocycles. The topological polar surface area (TPSA) is 17.8 Å². The van der Waals surface area contributed by atoms with Crippen molar-refractivity contribution in [2.45, 2.75) is 25.8 Å². The molecule has 0 spiro atoms. The summed E-state index contributed by atoms with van der Waals surface area (Å²) in [5.74, 6) is 0.583. The summed E-state index contributed by atoms with van der Waals surface area (Å²) >= 11 is 6.27. The number of hydrogen-bond acceptors (Lipinski definition) is 1. The van der Waals surface area contributed by atoms with Gasteiger partial charge in [0.1, 0.15) is 11.6 Å². The zero-order chi connectivity index (χ0) is 15.0. The third kappa shape index (κ3) is 2.66. The number of aryl methyl sites for hydroxylation is 1. The highest BCUT2D eigenvalue weighted by molar-refractivity contribution is 6.20. The molecule has 0 radical (unpaired) electrons. The van der Waals surface area contributed by atoms with Crippen LogP contribution in [0.5, 0.6) is 0 Å². The van der Waals surface area contributed by atoms with Crippen LogP contribution in [0.3, 0.4) is 0 Å². The number of fused-ring (bicyclic) bond motifs is 1. The zero-order valence-electron chi connectivity index (χ0n) is 12.0. The molecule has 3 aromatic rings. The largest absolute Gasteiger partial charge is 0.322 e. The van der Waals surface area contributed by atoms with Gasteiger partial charge in [-0.2, -0.15) is 0 Å². The molecule has 21 heavy (non-hydrogen) atoms. The fourth-order valence-electron chi connectivity index (χ4n) is 2.66. The molecule has 1 atom stereocenters. The molecule has 1 unspecified atom stereocenters. The number of aromatic nitrogens is 2. The third-order valence-corrected chi connectivity index (χ3v) is 3.78. The molecular weight excluding hydrogens is 287 g/mol. The summed E-state index contributed by atoms with van der Waals surface area (Å²) in [6.45, 7) is 4.51. The zero-order valence-corrected chi connectivity index (χ0v) is 12.7. The van der Waals surface area contributed by atoms with Crippen molar-refractivity contribution in [3.05, 3.63) is 65.2 Å². The van der Waals surface area contributed by atoms with Crippen LogP contribution in [0, 0.1) is 12.7 Å². The first-order chi connectivity index (χ1) is 10.1. The van der Waals surface area contributed by atoms with Crippen LogP contribution >= 0.6 is 11.6 Å². The van der Waals surface area contributed by atoms with E-state index in [1.54, 1.807) is 12.1 Å². The van der Waals surface area contributed by atoms with Crippen molar-refractivity contribution in [3.63, 3.8) is 0 Å². The Kier molecular flexibility index (Phi) is 3.68. The first-order valence-electron chi connectivity index (χ1n) is 6.90. The van der Waals surface area contributed by atoms with Gasteiger partial charge >= 0.3 is 0 Å². The van der Waals surface area contributed by atoms with Crippen LogP contribution in [0.4, 0.5) is 4.39 Å². The molecule has 0 aliphatic rings. The SMILES string of the molecule is Cc1cccc2nc(C(C)Cl)n(Cc3cccc(F)c3)c12. The summed E-state index contributed by atoms with van der Waals surface area (Å²) in [5, 5.41) is -0.203. The van der Waals surface area contributed by atoms with Gasteiger partial charge in [0.15, 0.2) is 0 Å². The van der Waals surface area contributed by atoms with E-state index < -0.39 is 0 Å². The van der Waals surface area contributed by atoms with E-state index in [1.165, 1.54) is 6.07 Å². The Morgan fingerprint density at radius 1 is 1.24 bits per heavy atom. The van der Waals surface area contributed by atoms with Crippen molar-refractivity contribution in [2.24, 2.45) is 0 Å². The number of benzene rings is 2. The minimum Gasteiger partial charge on any atom is -0.322 e. The van der Waals surface area contributed by atoms with Crippen molar-refractivity contribution < 1.29 is 4.39 Å². The number of imidazole rings is 1. The van der Waals surface area contributed by atoms with Gasteiger partial charge in [-0.3, -0.25) is 0 Å². The van der Waals surface area contributed by atoms with Crippen LogP contribution in [0.15, 0.2) is 42.5 Å². The van der Waals surface area contributed by atoms with Crippen molar-refractivity contribution in [3.8, 4) is 0 Å². The molecule has 1 aromatic heterocycles. The van der Waals surface area contributed by atoms with Gasteiger partial charge in [-0.25, -0.2) is 9.37 Å². The Balaban J connectivity index is 2.17. The van der Waals surface area contributed by atoms with E-state index in [0.29, 0.717) is 6.54 Å². The third-order valence-electron chi connectivity index (χ3n) is 3.58. The highest BCUT2D eigenvalue weighted by atomic mass is 35.5. The lowest BCUT2D eigenvalue weighted by atomic mass is 10.2. The van der Waals surface area contributed by atoms with Crippen LogP contribution in [0.2, 0.25) is 0 Å². The minimum absolute atomic E-state index is 0.203. The summed E-state index contributed by atoms with van der Waals surface area (Å²) in [7, 11) is 0. The highest BCUT2D eigenvalue weighted by Crippen LogP contribution is 2.27. The van der Waals surface area contributed by atoms with E-state index >= 15 is 0 Å². The Morgan fingerprint density at radius 3 is 2.71 bits per heavy atom. The second-order valence-electron chi connectivity index (χ2n) is 5.24. The van der Waals surface area contributed by atoms with E-state index in [2.05, 4.69) is 22.5 Å². The van der Waals surface area contributed by atoms with Crippen LogP contribution in [-0.4, -0.2) is 9.55 Å². The summed E-state index contributed by atoms with van der Waals surface area (Å²) in [5.41, 5.74) is 4.02. The lowest BCUT2D eigenvalue weighted by Crippen LogP contribution is -2.06. The summed E-state index contributed by atoms with van der Waals surface area (Å²) < 4.78 is 15.5. The number of rotatable bonds is 3. The quantitative estimate of drug-likeness (QED) is 0.634. The minimum atomic E-state index is -0.228. The molecule has 2 nitrogen and oxygen atoms in total. The summed E-state index contributed by atoms with van der Waals surface area (Å²) in [6, 6.07) is 12.6. The average Bonchev–Trinajstić information content (AvgIpc) is 2.79. The van der Waals surface area contributed by atoms with Gasteiger partial charge < -0.3 is 4.57 Å². The van der Waals surface area contributed by atoms with Crippen LogP contribution in [0.1, 0.15) is 29.3 Å². The molecule has 108 valence electrons. The van der Waals surface area contributed by atoms with E-state index in [0.717, 1.165) is 28.0 Å². The van der Waals surface area contributed by atoms with Gasteiger partial charge in [-0.05, 0) is 43.2 Å².